The number of hydrogen-bond acceptors (Lipinski definition) is 6. The van der Waals surface area contributed by atoms with E-state index in [0.29, 0.717) is 22.8 Å². The first-order valence-corrected chi connectivity index (χ1v) is 9.74. The Balaban J connectivity index is 1.37. The zero-order valence-electron chi connectivity index (χ0n) is 14.3. The molecular weight excluding hydrogens is 334 g/mol. The molecular formula is C19H21N3O2S. The highest BCUT2D eigenvalue weighted by atomic mass is 32.2. The molecule has 0 spiro atoms. The fourth-order valence-electron chi connectivity index (χ4n) is 3.13. The molecule has 0 radical (unpaired) electrons. The Labute approximate surface area is 151 Å². The van der Waals surface area contributed by atoms with Crippen LogP contribution in [0.2, 0.25) is 0 Å². The van der Waals surface area contributed by atoms with E-state index in [1.54, 1.807) is 6.26 Å². The quantitative estimate of drug-likeness (QED) is 0.573. The summed E-state index contributed by atoms with van der Waals surface area (Å²) in [6.07, 6.45) is 7.86. The average molecular weight is 355 g/mol. The van der Waals surface area contributed by atoms with E-state index in [9.17, 15) is 0 Å². The van der Waals surface area contributed by atoms with Gasteiger partial charge in [-0.25, -0.2) is 4.98 Å². The number of oxazole rings is 1. The normalized spacial score (nSPS) is 15.6. The first kappa shape index (κ1) is 16.4. The number of thioether (sulfide) groups is 1. The second-order valence-electron chi connectivity index (χ2n) is 6.54. The lowest BCUT2D eigenvalue weighted by molar-refractivity contribution is 0.334. The monoisotopic (exact) mass is 355 g/mol. The summed E-state index contributed by atoms with van der Waals surface area (Å²) >= 11 is 1.51. The van der Waals surface area contributed by atoms with Crippen molar-refractivity contribution >= 4 is 11.8 Å². The van der Waals surface area contributed by atoms with Gasteiger partial charge in [-0.1, -0.05) is 48.7 Å². The summed E-state index contributed by atoms with van der Waals surface area (Å²) in [6.45, 7) is 2.06. The molecule has 1 saturated carbocycles. The van der Waals surface area contributed by atoms with E-state index in [2.05, 4.69) is 34.2 Å². The maximum Gasteiger partial charge on any atom is 0.276 e. The highest BCUT2D eigenvalue weighted by Crippen LogP contribution is 2.33. The van der Waals surface area contributed by atoms with Crippen molar-refractivity contribution in [2.45, 2.75) is 55.9 Å². The number of hydrogen-bond donors (Lipinski definition) is 0. The first-order valence-electron chi connectivity index (χ1n) is 8.75. The number of aryl methyl sites for hydroxylation is 1. The Morgan fingerprint density at radius 1 is 1.08 bits per heavy atom. The fraction of sp³-hybridized carbons (Fsp3) is 0.421. The molecule has 2 aromatic heterocycles. The number of benzene rings is 1. The molecule has 2 heterocycles. The summed E-state index contributed by atoms with van der Waals surface area (Å²) in [6, 6.07) is 8.15. The molecule has 1 aliphatic carbocycles. The molecule has 4 rings (SSSR count). The Morgan fingerprint density at radius 3 is 2.68 bits per heavy atom. The van der Waals surface area contributed by atoms with E-state index < -0.39 is 0 Å². The lowest BCUT2D eigenvalue weighted by Gasteiger charge is -2.17. The van der Waals surface area contributed by atoms with Crippen LogP contribution in [0.15, 0.2) is 44.6 Å². The summed E-state index contributed by atoms with van der Waals surface area (Å²) in [5, 5.41) is 9.01. The van der Waals surface area contributed by atoms with Gasteiger partial charge in [0.05, 0.1) is 5.69 Å². The molecule has 25 heavy (non-hydrogen) atoms. The van der Waals surface area contributed by atoms with Crippen molar-refractivity contribution in [1.29, 1.82) is 0 Å². The predicted octanol–water partition coefficient (Wildman–Crippen LogP) is 5.37. The van der Waals surface area contributed by atoms with Crippen molar-refractivity contribution in [3.63, 3.8) is 0 Å². The van der Waals surface area contributed by atoms with Gasteiger partial charge >= 0.3 is 0 Å². The molecule has 130 valence electrons. The number of nitrogens with zero attached hydrogens (tertiary/aromatic N) is 3. The zero-order valence-corrected chi connectivity index (χ0v) is 15.1. The molecule has 6 heteroatoms. The second-order valence-corrected chi connectivity index (χ2v) is 7.47. The fourth-order valence-corrected chi connectivity index (χ4v) is 3.78. The Morgan fingerprint density at radius 2 is 1.88 bits per heavy atom. The standard InChI is InChI=1S/C19H21N3O2S/c1-13-7-9-15(10-8-13)17-20-16(11-23-17)12-25-19-22-21-18(24-19)14-5-3-2-4-6-14/h7-11,14H,2-6,12H2,1H3. The average Bonchev–Trinajstić information content (AvgIpc) is 3.31. The van der Waals surface area contributed by atoms with Crippen molar-refractivity contribution in [1.82, 2.24) is 15.2 Å². The van der Waals surface area contributed by atoms with Gasteiger partial charge in [0, 0.05) is 17.2 Å². The lowest BCUT2D eigenvalue weighted by atomic mass is 9.89. The van der Waals surface area contributed by atoms with Crippen LogP contribution in [0.1, 0.15) is 55.2 Å². The summed E-state index contributed by atoms with van der Waals surface area (Å²) in [5.41, 5.74) is 3.08. The van der Waals surface area contributed by atoms with Gasteiger partial charge in [0.15, 0.2) is 0 Å². The van der Waals surface area contributed by atoms with Crippen molar-refractivity contribution in [3.05, 3.63) is 47.7 Å². The van der Waals surface area contributed by atoms with Gasteiger partial charge in [-0.05, 0) is 31.9 Å². The third-order valence-corrected chi connectivity index (χ3v) is 5.42. The van der Waals surface area contributed by atoms with Crippen LogP contribution in [0.4, 0.5) is 0 Å². The van der Waals surface area contributed by atoms with Crippen molar-refractivity contribution in [2.75, 3.05) is 0 Å². The molecule has 0 N–H and O–H groups in total. The molecule has 0 bridgehead atoms. The first-order chi connectivity index (χ1) is 12.3. The van der Waals surface area contributed by atoms with Crippen LogP contribution in [-0.4, -0.2) is 15.2 Å². The van der Waals surface area contributed by atoms with Crippen molar-refractivity contribution < 1.29 is 8.83 Å². The Bertz CT molecular complexity index is 819. The van der Waals surface area contributed by atoms with E-state index in [1.165, 1.54) is 36.6 Å². The topological polar surface area (TPSA) is 65.0 Å². The predicted molar refractivity (Wildman–Crippen MR) is 96.4 cm³/mol. The Kier molecular flexibility index (Phi) is 4.88. The van der Waals surface area contributed by atoms with E-state index >= 15 is 0 Å². The van der Waals surface area contributed by atoms with Crippen LogP contribution in [-0.2, 0) is 5.75 Å². The van der Waals surface area contributed by atoms with Gasteiger partial charge in [0.25, 0.3) is 5.22 Å². The third kappa shape index (κ3) is 3.95. The molecule has 0 saturated heterocycles. The smallest absolute Gasteiger partial charge is 0.276 e. The molecule has 5 nitrogen and oxygen atoms in total. The second kappa shape index (κ2) is 7.44. The molecule has 1 aromatic carbocycles. The third-order valence-electron chi connectivity index (χ3n) is 4.57. The molecule has 0 unspecified atom stereocenters. The minimum Gasteiger partial charge on any atom is -0.444 e. The summed E-state index contributed by atoms with van der Waals surface area (Å²) in [7, 11) is 0. The molecule has 0 aliphatic heterocycles. The van der Waals surface area contributed by atoms with Crippen LogP contribution in [0, 0.1) is 6.92 Å². The van der Waals surface area contributed by atoms with E-state index in [0.717, 1.165) is 30.0 Å². The van der Waals surface area contributed by atoms with Crippen LogP contribution < -0.4 is 0 Å². The molecule has 1 fully saturated rings. The summed E-state index contributed by atoms with van der Waals surface area (Å²) in [4.78, 5) is 4.54. The maximum atomic E-state index is 5.83. The SMILES string of the molecule is Cc1ccc(-c2nc(CSc3nnc(C4CCCCC4)o3)co2)cc1. The minimum atomic E-state index is 0.441. The van der Waals surface area contributed by atoms with E-state index in [-0.39, 0.29) is 0 Å². The number of rotatable bonds is 5. The highest BCUT2D eigenvalue weighted by molar-refractivity contribution is 7.98. The van der Waals surface area contributed by atoms with E-state index in [4.69, 9.17) is 8.83 Å². The zero-order chi connectivity index (χ0) is 17.1. The van der Waals surface area contributed by atoms with Gasteiger partial charge < -0.3 is 8.83 Å². The summed E-state index contributed by atoms with van der Waals surface area (Å²) < 4.78 is 11.4. The van der Waals surface area contributed by atoms with Gasteiger partial charge in [-0.3, -0.25) is 0 Å². The van der Waals surface area contributed by atoms with Crippen LogP contribution in [0.25, 0.3) is 11.5 Å². The maximum absolute atomic E-state index is 5.83. The van der Waals surface area contributed by atoms with Crippen molar-refractivity contribution in [2.24, 2.45) is 0 Å². The largest absolute Gasteiger partial charge is 0.444 e. The van der Waals surface area contributed by atoms with Gasteiger partial charge in [0.2, 0.25) is 11.8 Å². The highest BCUT2D eigenvalue weighted by Gasteiger charge is 2.21. The van der Waals surface area contributed by atoms with Crippen LogP contribution in [0.3, 0.4) is 0 Å². The van der Waals surface area contributed by atoms with E-state index in [1.807, 2.05) is 12.1 Å². The minimum absolute atomic E-state index is 0.441. The van der Waals surface area contributed by atoms with Crippen LogP contribution >= 0.6 is 11.8 Å². The lowest BCUT2D eigenvalue weighted by Crippen LogP contribution is -2.04. The number of aromatic nitrogens is 3. The van der Waals surface area contributed by atoms with Crippen LogP contribution in [0.5, 0.6) is 0 Å². The Hall–Kier alpha value is -2.08. The summed E-state index contributed by atoms with van der Waals surface area (Å²) in [5.74, 6) is 2.53. The van der Waals surface area contributed by atoms with Gasteiger partial charge in [-0.2, -0.15) is 0 Å². The molecule has 0 amide bonds. The molecule has 3 aromatic rings. The molecule has 0 atom stereocenters. The molecule has 1 aliphatic rings. The van der Waals surface area contributed by atoms with Gasteiger partial charge in [0.1, 0.15) is 6.26 Å². The van der Waals surface area contributed by atoms with Gasteiger partial charge in [-0.15, -0.1) is 10.2 Å². The van der Waals surface area contributed by atoms with Crippen molar-refractivity contribution in [3.8, 4) is 11.5 Å².